The van der Waals surface area contributed by atoms with Gasteiger partial charge < -0.3 is 19.3 Å². The van der Waals surface area contributed by atoms with Gasteiger partial charge in [0.15, 0.2) is 0 Å². The number of nitrogens with zero attached hydrogens (tertiary/aromatic N) is 2. The van der Waals surface area contributed by atoms with E-state index in [4.69, 9.17) is 0 Å². The van der Waals surface area contributed by atoms with Gasteiger partial charge in [-0.1, -0.05) is 14.9 Å². The van der Waals surface area contributed by atoms with Crippen molar-refractivity contribution in [1.29, 1.82) is 0 Å². The summed E-state index contributed by atoms with van der Waals surface area (Å²) in [5, 5.41) is 10.5. The van der Waals surface area contributed by atoms with Gasteiger partial charge in [0.1, 0.15) is 6.54 Å². The zero-order valence-electron chi connectivity index (χ0n) is 25.7. The lowest BCUT2D eigenvalue weighted by Gasteiger charge is -2.30. The normalized spacial score (nSPS) is 14.0. The van der Waals surface area contributed by atoms with Crippen molar-refractivity contribution in [2.75, 3.05) is 72.4 Å². The largest absolute Gasteiger partial charge is 0.544 e. The third-order valence-corrected chi connectivity index (χ3v) is 8.92. The highest BCUT2D eigenvalue weighted by Crippen LogP contribution is 2.49. The van der Waals surface area contributed by atoms with Crippen LogP contribution in [-0.4, -0.2) is 141 Å². The number of hydrogen-bond donors (Lipinski definition) is 2. The summed E-state index contributed by atoms with van der Waals surface area (Å²) in [6.07, 6.45) is -29.4. The molecule has 0 fully saturated rings. The summed E-state index contributed by atoms with van der Waals surface area (Å²) in [5.41, 5.74) is -11.2. The monoisotopic (exact) mass is 814 g/mol. The van der Waals surface area contributed by atoms with E-state index in [2.05, 4.69) is 0 Å². The zero-order valence-corrected chi connectivity index (χ0v) is 27.4. The first-order chi connectivity index (χ1) is 21.0. The minimum Gasteiger partial charge on any atom is -0.544 e. The molecular weight excluding hydrogens is 770 g/mol. The molecule has 0 aliphatic carbocycles. The van der Waals surface area contributed by atoms with Crippen LogP contribution in [0.3, 0.4) is 0 Å². The average molecular weight is 815 g/mol. The molecule has 10 nitrogen and oxygen atoms in total. The summed E-state index contributed by atoms with van der Waals surface area (Å²) in [6.45, 7) is -0.324. The van der Waals surface area contributed by atoms with E-state index in [0.717, 1.165) is 0 Å². The Labute approximate surface area is 282 Å². The first kappa shape index (κ1) is 55.0. The van der Waals surface area contributed by atoms with E-state index in [1.807, 2.05) is 4.72 Å². The number of nitrogens with one attached hydrogen (secondary N) is 2. The lowest BCUT2D eigenvalue weighted by Crippen LogP contribution is -2.54. The number of sulfonamides is 2. The van der Waals surface area contributed by atoms with Crippen LogP contribution in [0.2, 0.25) is 0 Å². The van der Waals surface area contributed by atoms with Crippen molar-refractivity contribution < 1.29 is 92.7 Å². The molecule has 0 aliphatic heterocycles. The van der Waals surface area contributed by atoms with Gasteiger partial charge in [0, 0.05) is 32.4 Å². The topological polar surface area (TPSA) is 136 Å². The second-order valence-electron chi connectivity index (χ2n) is 11.2. The van der Waals surface area contributed by atoms with Crippen molar-refractivity contribution in [2.24, 2.45) is 0 Å². The Morgan fingerprint density at radius 2 is 0.940 bits per heavy atom. The second-order valence-corrected chi connectivity index (χ2v) is 15.1. The van der Waals surface area contributed by atoms with Crippen molar-refractivity contribution in [3.05, 3.63) is 0 Å². The fourth-order valence-electron chi connectivity index (χ4n) is 3.37. The number of rotatable bonds is 18. The van der Waals surface area contributed by atoms with Crippen molar-refractivity contribution in [3.8, 4) is 0 Å². The molecule has 0 saturated carbocycles. The standard InChI is InChI=1S/C12H19F7N2O4S.C10H17F7N2O2S.2CH4/c1-21(2,8-9(22)23)6-3-5-20-26(24,25)7-4-10(13,11(14,15)16)12(17,18)19;1-19(2)6-3-5-18-22(20,21)7-4-8(11,9(12,13)14)10(15,16)17;;/h20H,3-8H2,1-2H3;18H,3-7H2,1-2H3;2*1H4. The molecule has 0 spiro atoms. The fraction of sp³-hybridized carbons (Fsp3) is 0.958. The molecular formula is C24H44F14N4O6S2. The van der Waals surface area contributed by atoms with Crippen molar-refractivity contribution in [1.82, 2.24) is 14.3 Å². The van der Waals surface area contributed by atoms with E-state index in [9.17, 15) is 88.2 Å². The molecule has 50 heavy (non-hydrogen) atoms. The molecule has 0 bridgehead atoms. The Morgan fingerprint density at radius 3 is 1.20 bits per heavy atom. The lowest BCUT2D eigenvalue weighted by atomic mass is 10.0. The Balaban J connectivity index is -0.000000412. The van der Waals surface area contributed by atoms with Gasteiger partial charge in [0.25, 0.3) is 11.3 Å². The predicted octanol–water partition coefficient (Wildman–Crippen LogP) is 3.70. The average Bonchev–Trinajstić information content (AvgIpc) is 2.83. The molecule has 2 N–H and O–H groups in total. The minimum absolute atomic E-state index is 0. The Bertz CT molecular complexity index is 1190. The fourth-order valence-corrected chi connectivity index (χ4v) is 5.67. The van der Waals surface area contributed by atoms with Crippen LogP contribution in [0.15, 0.2) is 0 Å². The minimum atomic E-state index is -6.31. The van der Waals surface area contributed by atoms with Crippen LogP contribution >= 0.6 is 0 Å². The van der Waals surface area contributed by atoms with Gasteiger partial charge in [-0.05, 0) is 27.1 Å². The van der Waals surface area contributed by atoms with Gasteiger partial charge in [-0.2, -0.15) is 52.7 Å². The van der Waals surface area contributed by atoms with Crippen molar-refractivity contribution >= 4 is 26.0 Å². The summed E-state index contributed by atoms with van der Waals surface area (Å²) in [4.78, 5) is 12.2. The molecule has 0 aromatic carbocycles. The number of carbonyl (C=O) groups is 1. The third-order valence-electron chi connectivity index (χ3n) is 6.15. The van der Waals surface area contributed by atoms with Crippen LogP contribution in [0.4, 0.5) is 61.5 Å². The van der Waals surface area contributed by atoms with E-state index in [1.165, 1.54) is 14.1 Å². The van der Waals surface area contributed by atoms with E-state index < -0.39 is 86.4 Å². The molecule has 306 valence electrons. The Hall–Kier alpha value is -1.77. The van der Waals surface area contributed by atoms with Crippen molar-refractivity contribution in [2.45, 2.75) is 76.6 Å². The highest BCUT2D eigenvalue weighted by Gasteiger charge is 2.73. The lowest BCUT2D eigenvalue weighted by molar-refractivity contribution is -0.884. The van der Waals surface area contributed by atoms with Crippen LogP contribution in [0.5, 0.6) is 0 Å². The number of aliphatic carboxylic acids is 1. The number of carboxylic acids is 1. The van der Waals surface area contributed by atoms with Crippen LogP contribution < -0.4 is 14.6 Å². The summed E-state index contributed by atoms with van der Waals surface area (Å²) < 4.78 is 224. The molecule has 0 amide bonds. The summed E-state index contributed by atoms with van der Waals surface area (Å²) >= 11 is 0. The number of carbonyl (C=O) groups excluding carboxylic acids is 1. The number of halogens is 14. The Morgan fingerprint density at radius 1 is 0.640 bits per heavy atom. The number of likely N-dealkylation sites (N-methyl/N-ethyl adjacent to an activating group) is 1. The maximum Gasteiger partial charge on any atom is 0.431 e. The van der Waals surface area contributed by atoms with Crippen LogP contribution in [0.25, 0.3) is 0 Å². The van der Waals surface area contributed by atoms with Gasteiger partial charge in [0.05, 0.1) is 38.1 Å². The molecule has 26 heteroatoms. The van der Waals surface area contributed by atoms with E-state index in [1.54, 1.807) is 23.7 Å². The van der Waals surface area contributed by atoms with Gasteiger partial charge >= 0.3 is 24.7 Å². The molecule has 0 heterocycles. The molecule has 0 aromatic rings. The van der Waals surface area contributed by atoms with Crippen LogP contribution in [-0.2, 0) is 24.8 Å². The SMILES string of the molecule is C.C.CN(C)CCCNS(=O)(=O)CCC(F)(C(F)(F)F)C(F)(F)F.C[N+](C)(CCCNS(=O)(=O)CCC(F)(C(F)(F)F)C(F)(F)F)CC(=O)[O-]. The maximum absolute atomic E-state index is 13.4. The van der Waals surface area contributed by atoms with Gasteiger partial charge in [-0.25, -0.2) is 35.1 Å². The predicted molar refractivity (Wildman–Crippen MR) is 153 cm³/mol. The summed E-state index contributed by atoms with van der Waals surface area (Å²) in [5.74, 6) is -4.70. The summed E-state index contributed by atoms with van der Waals surface area (Å²) in [7, 11) is -2.67. The summed E-state index contributed by atoms with van der Waals surface area (Å²) in [6, 6.07) is 0. The van der Waals surface area contributed by atoms with E-state index >= 15 is 0 Å². The molecule has 0 saturated heterocycles. The third kappa shape index (κ3) is 19.2. The van der Waals surface area contributed by atoms with E-state index in [-0.39, 0.29) is 51.9 Å². The molecule has 0 unspecified atom stereocenters. The van der Waals surface area contributed by atoms with Crippen molar-refractivity contribution in [3.63, 3.8) is 0 Å². The molecule has 0 radical (unpaired) electrons. The second kappa shape index (κ2) is 19.9. The first-order valence-corrected chi connectivity index (χ1v) is 16.5. The quantitative estimate of drug-likeness (QED) is 0.123. The van der Waals surface area contributed by atoms with Crippen LogP contribution in [0.1, 0.15) is 40.5 Å². The zero-order chi connectivity index (χ0) is 38.8. The molecule has 0 aromatic heterocycles. The number of carboxylic acid groups (broad SMARTS) is 1. The number of alkyl halides is 14. The Kier molecular flexibility index (Phi) is 21.9. The highest BCUT2D eigenvalue weighted by molar-refractivity contribution is 7.89. The highest BCUT2D eigenvalue weighted by atomic mass is 32.2. The first-order valence-electron chi connectivity index (χ1n) is 13.2. The molecule has 0 aliphatic rings. The maximum atomic E-state index is 13.4. The van der Waals surface area contributed by atoms with Gasteiger partial charge in [-0.3, -0.25) is 0 Å². The van der Waals surface area contributed by atoms with E-state index in [0.29, 0.717) is 13.0 Å². The van der Waals surface area contributed by atoms with Crippen LogP contribution in [0, 0.1) is 0 Å². The number of quaternary nitrogens is 1. The van der Waals surface area contributed by atoms with Gasteiger partial charge in [0.2, 0.25) is 20.0 Å². The molecule has 0 rings (SSSR count). The smallest absolute Gasteiger partial charge is 0.431 e. The number of hydrogen-bond acceptors (Lipinski definition) is 7. The molecule has 0 atom stereocenters. The van der Waals surface area contributed by atoms with Gasteiger partial charge in [-0.15, -0.1) is 0 Å².